The first kappa shape index (κ1) is 11.4. The number of hydrogen-bond donors (Lipinski definition) is 0. The largest absolute Gasteiger partial charge is 0.379 e. The maximum absolute atomic E-state index is 9.25. The smallest absolute Gasteiger partial charge is 0.124 e. The molecule has 0 spiro atoms. The number of nitriles is 1. The molecule has 1 fully saturated rings. The highest BCUT2D eigenvalue weighted by Crippen LogP contribution is 2.23. The highest BCUT2D eigenvalue weighted by atomic mass is 35.5. The number of halogens is 1. The summed E-state index contributed by atoms with van der Waals surface area (Å²) in [5.74, 6) is 0. The van der Waals surface area contributed by atoms with E-state index in [1.807, 2.05) is 24.3 Å². The van der Waals surface area contributed by atoms with Crippen LogP contribution >= 0.6 is 11.6 Å². The van der Waals surface area contributed by atoms with E-state index in [2.05, 4.69) is 11.0 Å². The number of hydrogen-bond acceptors (Lipinski definition) is 3. The van der Waals surface area contributed by atoms with Crippen LogP contribution in [0.4, 0.5) is 0 Å². The van der Waals surface area contributed by atoms with Gasteiger partial charge in [-0.15, -0.1) is 0 Å². The van der Waals surface area contributed by atoms with E-state index in [-0.39, 0.29) is 6.04 Å². The predicted molar refractivity (Wildman–Crippen MR) is 62.2 cm³/mol. The minimum Gasteiger partial charge on any atom is -0.379 e. The van der Waals surface area contributed by atoms with Crippen molar-refractivity contribution in [3.8, 4) is 6.07 Å². The summed E-state index contributed by atoms with van der Waals surface area (Å²) in [4.78, 5) is 2.12. The molecule has 2 rings (SSSR count). The summed E-state index contributed by atoms with van der Waals surface area (Å²) in [6.07, 6.45) is 0. The van der Waals surface area contributed by atoms with Crippen LogP contribution in [-0.4, -0.2) is 31.2 Å². The highest BCUT2D eigenvalue weighted by Gasteiger charge is 2.22. The number of nitrogens with zero attached hydrogens (tertiary/aromatic N) is 2. The van der Waals surface area contributed by atoms with Crippen LogP contribution in [0.2, 0.25) is 5.02 Å². The molecule has 1 aliphatic rings. The fourth-order valence-corrected chi connectivity index (χ4v) is 2.08. The van der Waals surface area contributed by atoms with Crippen molar-refractivity contribution in [2.75, 3.05) is 26.3 Å². The molecule has 1 saturated heterocycles. The lowest BCUT2D eigenvalue weighted by atomic mass is 10.1. The van der Waals surface area contributed by atoms with Crippen LogP contribution in [0.25, 0.3) is 0 Å². The number of morpholine rings is 1. The third-order valence-electron chi connectivity index (χ3n) is 2.70. The van der Waals surface area contributed by atoms with Gasteiger partial charge in [-0.25, -0.2) is 0 Å². The van der Waals surface area contributed by atoms with Crippen LogP contribution in [0.15, 0.2) is 24.3 Å². The summed E-state index contributed by atoms with van der Waals surface area (Å²) in [6, 6.07) is 9.59. The standard InChI is InChI=1S/C12H13ClN2O/c13-11-3-1-2-10(8-11)12(9-14)15-4-6-16-7-5-15/h1-3,8,12H,4-7H2/t12-/m1/s1. The lowest BCUT2D eigenvalue weighted by Crippen LogP contribution is -2.38. The quantitative estimate of drug-likeness (QED) is 0.790. The van der Waals surface area contributed by atoms with Gasteiger partial charge in [0.1, 0.15) is 6.04 Å². The Bertz CT molecular complexity index is 396. The molecule has 84 valence electrons. The van der Waals surface area contributed by atoms with E-state index in [1.165, 1.54) is 0 Å². The molecule has 1 aromatic rings. The van der Waals surface area contributed by atoms with Crippen molar-refractivity contribution in [1.82, 2.24) is 4.90 Å². The molecule has 0 unspecified atom stereocenters. The summed E-state index contributed by atoms with van der Waals surface area (Å²) in [6.45, 7) is 2.98. The maximum Gasteiger partial charge on any atom is 0.124 e. The van der Waals surface area contributed by atoms with Crippen molar-refractivity contribution in [2.45, 2.75) is 6.04 Å². The van der Waals surface area contributed by atoms with E-state index in [4.69, 9.17) is 16.3 Å². The lowest BCUT2D eigenvalue weighted by Gasteiger charge is -2.30. The molecule has 0 aromatic heterocycles. The number of rotatable bonds is 2. The zero-order chi connectivity index (χ0) is 11.4. The van der Waals surface area contributed by atoms with E-state index < -0.39 is 0 Å². The second-order valence-electron chi connectivity index (χ2n) is 3.73. The van der Waals surface area contributed by atoms with Gasteiger partial charge in [0.05, 0.1) is 19.3 Å². The Morgan fingerprint density at radius 2 is 2.12 bits per heavy atom. The SMILES string of the molecule is N#C[C@H](c1cccc(Cl)c1)N1CCOCC1. The Morgan fingerprint density at radius 1 is 1.38 bits per heavy atom. The van der Waals surface area contributed by atoms with E-state index in [0.717, 1.165) is 18.7 Å². The first-order valence-electron chi connectivity index (χ1n) is 5.28. The topological polar surface area (TPSA) is 36.3 Å². The summed E-state index contributed by atoms with van der Waals surface area (Å²) < 4.78 is 5.28. The summed E-state index contributed by atoms with van der Waals surface area (Å²) in [7, 11) is 0. The first-order chi connectivity index (χ1) is 7.81. The molecule has 0 aliphatic carbocycles. The van der Waals surface area contributed by atoms with Crippen LogP contribution < -0.4 is 0 Å². The molecule has 1 atom stereocenters. The molecule has 1 aromatic carbocycles. The van der Waals surface area contributed by atoms with Gasteiger partial charge >= 0.3 is 0 Å². The van der Waals surface area contributed by atoms with Gasteiger partial charge < -0.3 is 4.74 Å². The molecule has 0 bridgehead atoms. The molecule has 1 heterocycles. The third kappa shape index (κ3) is 2.53. The monoisotopic (exact) mass is 236 g/mol. The van der Waals surface area contributed by atoms with Gasteiger partial charge in [-0.3, -0.25) is 4.90 Å². The average Bonchev–Trinajstić information content (AvgIpc) is 2.31. The number of ether oxygens (including phenoxy) is 1. The van der Waals surface area contributed by atoms with Gasteiger partial charge in [0.15, 0.2) is 0 Å². The predicted octanol–water partition coefficient (Wildman–Crippen LogP) is 2.24. The van der Waals surface area contributed by atoms with Crippen LogP contribution in [0, 0.1) is 11.3 Å². The molecular weight excluding hydrogens is 224 g/mol. The van der Waals surface area contributed by atoms with Crippen molar-refractivity contribution in [3.05, 3.63) is 34.9 Å². The van der Waals surface area contributed by atoms with Gasteiger partial charge in [0.2, 0.25) is 0 Å². The van der Waals surface area contributed by atoms with Crippen LogP contribution in [0.5, 0.6) is 0 Å². The van der Waals surface area contributed by atoms with Crippen molar-refractivity contribution in [1.29, 1.82) is 5.26 Å². The van der Waals surface area contributed by atoms with E-state index in [1.54, 1.807) is 0 Å². The Morgan fingerprint density at radius 3 is 2.75 bits per heavy atom. The normalized spacial score (nSPS) is 19.0. The molecule has 4 heteroatoms. The van der Waals surface area contributed by atoms with E-state index in [9.17, 15) is 5.26 Å². The van der Waals surface area contributed by atoms with Gasteiger partial charge in [0.25, 0.3) is 0 Å². The third-order valence-corrected chi connectivity index (χ3v) is 2.93. The maximum atomic E-state index is 9.25. The average molecular weight is 237 g/mol. The van der Waals surface area contributed by atoms with Gasteiger partial charge in [-0.1, -0.05) is 23.7 Å². The molecule has 3 nitrogen and oxygen atoms in total. The van der Waals surface area contributed by atoms with Crippen molar-refractivity contribution >= 4 is 11.6 Å². The van der Waals surface area contributed by atoms with Gasteiger partial charge in [-0.05, 0) is 17.7 Å². The second kappa shape index (κ2) is 5.31. The summed E-state index contributed by atoms with van der Waals surface area (Å²) in [5.41, 5.74) is 0.955. The molecule has 1 aliphatic heterocycles. The van der Waals surface area contributed by atoms with Crippen LogP contribution in [0.1, 0.15) is 11.6 Å². The van der Waals surface area contributed by atoms with Gasteiger partial charge in [-0.2, -0.15) is 5.26 Å². The Kier molecular flexibility index (Phi) is 3.79. The van der Waals surface area contributed by atoms with Crippen LogP contribution in [-0.2, 0) is 4.74 Å². The molecule has 0 amide bonds. The van der Waals surface area contributed by atoms with Crippen molar-refractivity contribution in [2.24, 2.45) is 0 Å². The molecule has 0 saturated carbocycles. The van der Waals surface area contributed by atoms with Crippen molar-refractivity contribution < 1.29 is 4.74 Å². The molecule has 0 radical (unpaired) electrons. The summed E-state index contributed by atoms with van der Waals surface area (Å²) in [5, 5.41) is 9.92. The second-order valence-corrected chi connectivity index (χ2v) is 4.17. The zero-order valence-electron chi connectivity index (χ0n) is 8.90. The fraction of sp³-hybridized carbons (Fsp3) is 0.417. The minimum absolute atomic E-state index is 0.220. The molecule has 16 heavy (non-hydrogen) atoms. The van der Waals surface area contributed by atoms with E-state index >= 15 is 0 Å². The first-order valence-corrected chi connectivity index (χ1v) is 5.66. The molecular formula is C12H13ClN2O. The Labute approximate surface area is 100 Å². The number of benzene rings is 1. The fourth-order valence-electron chi connectivity index (χ4n) is 1.88. The lowest BCUT2D eigenvalue weighted by molar-refractivity contribution is 0.0266. The molecule has 0 N–H and O–H groups in total. The Hall–Kier alpha value is -1.08. The van der Waals surface area contributed by atoms with E-state index in [0.29, 0.717) is 18.2 Å². The summed E-state index contributed by atoms with van der Waals surface area (Å²) >= 11 is 5.93. The van der Waals surface area contributed by atoms with Gasteiger partial charge in [0, 0.05) is 18.1 Å². The zero-order valence-corrected chi connectivity index (χ0v) is 9.65. The Balaban J connectivity index is 2.18. The van der Waals surface area contributed by atoms with Crippen LogP contribution in [0.3, 0.4) is 0 Å². The van der Waals surface area contributed by atoms with Crippen molar-refractivity contribution in [3.63, 3.8) is 0 Å². The highest BCUT2D eigenvalue weighted by molar-refractivity contribution is 6.30. The minimum atomic E-state index is -0.220.